The molecule has 0 atom stereocenters. The first-order valence-corrected chi connectivity index (χ1v) is 7.64. The third-order valence-corrected chi connectivity index (χ3v) is 3.49. The van der Waals surface area contributed by atoms with Gasteiger partial charge in [-0.2, -0.15) is 5.26 Å². The number of hydrogen-bond acceptors (Lipinski definition) is 4. The third kappa shape index (κ3) is 5.68. The Bertz CT molecular complexity index is 624. The number of benzene rings is 1. The van der Waals surface area contributed by atoms with Gasteiger partial charge < -0.3 is 14.7 Å². The minimum Gasteiger partial charge on any atom is -0.492 e. The zero-order valence-electron chi connectivity index (χ0n) is 12.3. The summed E-state index contributed by atoms with van der Waals surface area (Å²) in [5, 5.41) is 18.2. The Morgan fingerprint density at radius 3 is 2.77 bits per heavy atom. The Morgan fingerprint density at radius 1 is 1.55 bits per heavy atom. The highest BCUT2D eigenvalue weighted by molar-refractivity contribution is 9.10. The van der Waals surface area contributed by atoms with Crippen LogP contribution in [0.1, 0.15) is 12.0 Å². The first-order valence-electron chi connectivity index (χ1n) is 6.46. The van der Waals surface area contributed by atoms with Crippen molar-refractivity contribution in [3.05, 3.63) is 32.8 Å². The van der Waals surface area contributed by atoms with Gasteiger partial charge in [-0.25, -0.2) is 4.79 Å². The largest absolute Gasteiger partial charge is 0.492 e. The van der Waals surface area contributed by atoms with Crippen LogP contribution in [0.5, 0.6) is 5.75 Å². The molecule has 0 aliphatic heterocycles. The minimum absolute atomic E-state index is 0.382. The summed E-state index contributed by atoms with van der Waals surface area (Å²) in [7, 11) is 3.94. The molecule has 1 aromatic rings. The molecule has 0 heterocycles. The summed E-state index contributed by atoms with van der Waals surface area (Å²) < 4.78 is 6.33. The van der Waals surface area contributed by atoms with Crippen LogP contribution in [0.4, 0.5) is 0 Å². The summed E-state index contributed by atoms with van der Waals surface area (Å²) in [6.07, 6.45) is 2.06. The van der Waals surface area contributed by atoms with Crippen molar-refractivity contribution in [1.29, 1.82) is 5.26 Å². The zero-order chi connectivity index (χ0) is 16.7. The number of hydrogen-bond donors (Lipinski definition) is 1. The van der Waals surface area contributed by atoms with Gasteiger partial charge in [0.05, 0.1) is 11.1 Å². The molecule has 118 valence electrons. The van der Waals surface area contributed by atoms with Crippen LogP contribution in [-0.2, 0) is 4.79 Å². The van der Waals surface area contributed by atoms with Gasteiger partial charge in [0, 0.05) is 17.1 Å². The van der Waals surface area contributed by atoms with Crippen molar-refractivity contribution in [2.45, 2.75) is 6.42 Å². The summed E-state index contributed by atoms with van der Waals surface area (Å²) in [5.41, 5.74) is 0.0653. The van der Waals surface area contributed by atoms with Crippen molar-refractivity contribution in [2.24, 2.45) is 0 Å². The summed E-state index contributed by atoms with van der Waals surface area (Å²) in [6, 6.07) is 4.86. The lowest BCUT2D eigenvalue weighted by molar-refractivity contribution is -0.132. The maximum absolute atomic E-state index is 11.0. The van der Waals surface area contributed by atoms with Crippen LogP contribution in [0.3, 0.4) is 0 Å². The molecule has 0 amide bonds. The van der Waals surface area contributed by atoms with E-state index in [0.29, 0.717) is 27.4 Å². The van der Waals surface area contributed by atoms with Gasteiger partial charge in [0.2, 0.25) is 0 Å². The molecule has 0 saturated heterocycles. The van der Waals surface area contributed by atoms with Gasteiger partial charge in [-0.1, -0.05) is 11.6 Å². The molecule has 1 N–H and O–H groups in total. The fourth-order valence-corrected chi connectivity index (χ4v) is 2.64. The topological polar surface area (TPSA) is 73.6 Å². The van der Waals surface area contributed by atoms with E-state index in [-0.39, 0.29) is 5.57 Å². The summed E-state index contributed by atoms with van der Waals surface area (Å²) in [5.74, 6) is -0.825. The lowest BCUT2D eigenvalue weighted by atomic mass is 10.1. The highest BCUT2D eigenvalue weighted by atomic mass is 79.9. The van der Waals surface area contributed by atoms with Crippen molar-refractivity contribution in [3.63, 3.8) is 0 Å². The van der Waals surface area contributed by atoms with Gasteiger partial charge in [-0.05, 0) is 54.7 Å². The molecule has 5 nitrogen and oxygen atoms in total. The van der Waals surface area contributed by atoms with Crippen molar-refractivity contribution in [2.75, 3.05) is 27.2 Å². The highest BCUT2D eigenvalue weighted by Gasteiger charge is 2.13. The van der Waals surface area contributed by atoms with Gasteiger partial charge in [0.1, 0.15) is 17.4 Å². The van der Waals surface area contributed by atoms with Gasteiger partial charge in [0.15, 0.2) is 0 Å². The first-order chi connectivity index (χ1) is 10.3. The number of carbonyl (C=O) groups is 1. The SMILES string of the molecule is CN(C)CCCOc1c(Br)cc(Cl)cc1C=C(C#N)C(=O)O. The third-order valence-electron chi connectivity index (χ3n) is 2.68. The van der Waals surface area contributed by atoms with Crippen LogP contribution < -0.4 is 4.74 Å². The predicted octanol–water partition coefficient (Wildman–Crippen LogP) is 3.42. The van der Waals surface area contributed by atoms with Crippen LogP contribution in [0.25, 0.3) is 6.08 Å². The Kier molecular flexibility index (Phi) is 7.39. The number of ether oxygens (including phenoxy) is 1. The first kappa shape index (κ1) is 18.5. The summed E-state index contributed by atoms with van der Waals surface area (Å²) in [6.45, 7) is 1.34. The molecular formula is C15H16BrClN2O3. The number of nitriles is 1. The summed E-state index contributed by atoms with van der Waals surface area (Å²) in [4.78, 5) is 13.0. The standard InChI is InChI=1S/C15H16BrClN2O3/c1-19(2)4-3-5-22-14-10(6-11(9-18)15(20)21)7-12(17)8-13(14)16/h6-8H,3-5H2,1-2H3,(H,20,21). The fourth-order valence-electron chi connectivity index (χ4n) is 1.69. The molecule has 1 aromatic carbocycles. The Morgan fingerprint density at radius 2 is 2.23 bits per heavy atom. The monoisotopic (exact) mass is 386 g/mol. The molecule has 1 rings (SSSR count). The molecule has 0 spiro atoms. The molecule has 0 aliphatic carbocycles. The number of carboxylic acids is 1. The van der Waals surface area contributed by atoms with E-state index in [9.17, 15) is 4.79 Å². The average molecular weight is 388 g/mol. The van der Waals surface area contributed by atoms with E-state index >= 15 is 0 Å². The molecule has 0 radical (unpaired) electrons. The maximum Gasteiger partial charge on any atom is 0.346 e. The van der Waals surface area contributed by atoms with Crippen molar-refractivity contribution in [3.8, 4) is 11.8 Å². The normalized spacial score (nSPS) is 11.4. The van der Waals surface area contributed by atoms with Crippen LogP contribution in [0.2, 0.25) is 5.02 Å². The van der Waals surface area contributed by atoms with Gasteiger partial charge in [-0.3, -0.25) is 0 Å². The van der Waals surface area contributed by atoms with E-state index in [1.54, 1.807) is 18.2 Å². The molecular weight excluding hydrogens is 372 g/mol. The fraction of sp³-hybridized carbons (Fsp3) is 0.333. The van der Waals surface area contributed by atoms with E-state index in [1.165, 1.54) is 6.08 Å². The number of halogens is 2. The van der Waals surface area contributed by atoms with Crippen molar-refractivity contribution < 1.29 is 14.6 Å². The maximum atomic E-state index is 11.0. The van der Waals surface area contributed by atoms with E-state index < -0.39 is 5.97 Å². The van der Waals surface area contributed by atoms with Crippen LogP contribution in [0.15, 0.2) is 22.2 Å². The number of carboxylic acid groups (broad SMARTS) is 1. The quantitative estimate of drug-likeness (QED) is 0.441. The van der Waals surface area contributed by atoms with Gasteiger partial charge in [-0.15, -0.1) is 0 Å². The van der Waals surface area contributed by atoms with E-state index in [1.807, 2.05) is 19.0 Å². The lowest BCUT2D eigenvalue weighted by Crippen LogP contribution is -2.15. The van der Waals surface area contributed by atoms with E-state index in [0.717, 1.165) is 13.0 Å². The Hall–Kier alpha value is -1.55. The molecule has 0 aromatic heterocycles. The zero-order valence-corrected chi connectivity index (χ0v) is 14.6. The Balaban J connectivity index is 3.05. The van der Waals surface area contributed by atoms with E-state index in [2.05, 4.69) is 15.9 Å². The van der Waals surface area contributed by atoms with E-state index in [4.69, 9.17) is 26.7 Å². The molecule has 22 heavy (non-hydrogen) atoms. The van der Waals surface area contributed by atoms with Crippen LogP contribution in [-0.4, -0.2) is 43.2 Å². The molecule has 0 aliphatic rings. The van der Waals surface area contributed by atoms with Crippen LogP contribution in [0, 0.1) is 11.3 Å². The smallest absolute Gasteiger partial charge is 0.346 e. The van der Waals surface area contributed by atoms with Gasteiger partial charge in [0.25, 0.3) is 0 Å². The Labute approximate surface area is 142 Å². The van der Waals surface area contributed by atoms with Crippen LogP contribution >= 0.6 is 27.5 Å². The van der Waals surface area contributed by atoms with Crippen molar-refractivity contribution >= 4 is 39.6 Å². The predicted molar refractivity (Wildman–Crippen MR) is 89.0 cm³/mol. The molecule has 7 heteroatoms. The molecule has 0 fully saturated rings. The average Bonchev–Trinajstić information content (AvgIpc) is 2.41. The van der Waals surface area contributed by atoms with Gasteiger partial charge >= 0.3 is 5.97 Å². The second kappa shape index (κ2) is 8.79. The second-order valence-corrected chi connectivity index (χ2v) is 6.08. The molecule has 0 bridgehead atoms. The second-order valence-electron chi connectivity index (χ2n) is 4.79. The minimum atomic E-state index is -1.29. The number of nitrogens with zero attached hydrogens (tertiary/aromatic N) is 2. The molecule has 0 saturated carbocycles. The highest BCUT2D eigenvalue weighted by Crippen LogP contribution is 2.34. The number of aliphatic carboxylic acids is 1. The molecule has 0 unspecified atom stereocenters. The lowest BCUT2D eigenvalue weighted by Gasteiger charge is -2.14. The number of rotatable bonds is 7. The van der Waals surface area contributed by atoms with Crippen molar-refractivity contribution in [1.82, 2.24) is 4.90 Å². The summed E-state index contributed by atoms with van der Waals surface area (Å²) >= 11 is 9.33.